The summed E-state index contributed by atoms with van der Waals surface area (Å²) in [7, 11) is 0. The van der Waals surface area contributed by atoms with E-state index in [-0.39, 0.29) is 17.8 Å². The number of benzene rings is 1. The quantitative estimate of drug-likeness (QED) is 0.868. The first-order chi connectivity index (χ1) is 9.75. The van der Waals surface area contributed by atoms with Crippen LogP contribution in [0.1, 0.15) is 18.0 Å². The maximum Gasteiger partial charge on any atom is 0.250 e. The molecule has 2 aliphatic heterocycles. The number of ether oxygens (including phenoxy) is 1. The van der Waals surface area contributed by atoms with Gasteiger partial charge in [-0.05, 0) is 18.1 Å². The van der Waals surface area contributed by atoms with E-state index in [1.807, 2.05) is 6.07 Å². The Balaban J connectivity index is 1.73. The molecule has 2 atom stereocenters. The number of fused-ring (bicyclic) bond motifs is 1. The molecule has 1 aromatic rings. The van der Waals surface area contributed by atoms with E-state index in [4.69, 9.17) is 4.74 Å². The van der Waals surface area contributed by atoms with Gasteiger partial charge in [-0.3, -0.25) is 4.79 Å². The molecule has 2 unspecified atom stereocenters. The third-order valence-corrected chi connectivity index (χ3v) is 4.72. The molecule has 0 bridgehead atoms. The van der Waals surface area contributed by atoms with E-state index in [0.29, 0.717) is 18.0 Å². The summed E-state index contributed by atoms with van der Waals surface area (Å²) in [5.74, 6) is 0.481. The lowest BCUT2D eigenvalue weighted by Crippen LogP contribution is -2.48. The molecule has 108 valence electrons. The first kappa shape index (κ1) is 13.9. The Morgan fingerprint density at radius 1 is 1.50 bits per heavy atom. The average Bonchev–Trinajstić information content (AvgIpc) is 2.49. The lowest BCUT2D eigenvalue weighted by Gasteiger charge is -2.29. The number of rotatable bonds is 2. The van der Waals surface area contributed by atoms with Gasteiger partial charge in [0.25, 0.3) is 5.91 Å². The topological polar surface area (TPSA) is 50.4 Å². The number of hydrogen-bond acceptors (Lipinski definition) is 4. The van der Waals surface area contributed by atoms with Crippen LogP contribution in [0.2, 0.25) is 0 Å². The lowest BCUT2D eigenvalue weighted by atomic mass is 10.0. The normalized spacial score (nSPS) is 25.9. The molecule has 3 rings (SSSR count). The second-order valence-corrected chi connectivity index (χ2v) is 6.03. The molecular formula is C14H17FN2O2S. The van der Waals surface area contributed by atoms with Crippen LogP contribution in [0.3, 0.4) is 0 Å². The zero-order chi connectivity index (χ0) is 13.9. The molecule has 0 radical (unpaired) electrons. The van der Waals surface area contributed by atoms with Gasteiger partial charge in [-0.2, -0.15) is 0 Å². The predicted molar refractivity (Wildman–Crippen MR) is 75.2 cm³/mol. The van der Waals surface area contributed by atoms with Gasteiger partial charge in [0, 0.05) is 23.7 Å². The minimum Gasteiger partial charge on any atom is -0.366 e. The molecule has 1 saturated heterocycles. The molecule has 1 amide bonds. The first-order valence-electron chi connectivity index (χ1n) is 6.79. The van der Waals surface area contributed by atoms with E-state index in [1.54, 1.807) is 6.07 Å². The zero-order valence-corrected chi connectivity index (χ0v) is 11.8. The SMILES string of the molecule is O=C(NC1CCSc2c(F)cccc21)C1CNCCO1. The van der Waals surface area contributed by atoms with Crippen molar-refractivity contribution in [3.63, 3.8) is 0 Å². The number of morpholine rings is 1. The van der Waals surface area contributed by atoms with Crippen molar-refractivity contribution in [1.29, 1.82) is 0 Å². The molecule has 0 saturated carbocycles. The molecule has 1 fully saturated rings. The number of halogens is 1. The third-order valence-electron chi connectivity index (χ3n) is 3.56. The summed E-state index contributed by atoms with van der Waals surface area (Å²) in [6, 6.07) is 4.91. The van der Waals surface area contributed by atoms with Crippen molar-refractivity contribution < 1.29 is 13.9 Å². The van der Waals surface area contributed by atoms with Crippen LogP contribution in [0.5, 0.6) is 0 Å². The van der Waals surface area contributed by atoms with Crippen LogP contribution in [0.4, 0.5) is 4.39 Å². The van der Waals surface area contributed by atoms with Gasteiger partial charge >= 0.3 is 0 Å². The number of nitrogens with one attached hydrogen (secondary N) is 2. The molecule has 0 aromatic heterocycles. The third kappa shape index (κ3) is 2.82. The summed E-state index contributed by atoms with van der Waals surface area (Å²) >= 11 is 1.51. The Bertz CT molecular complexity index is 506. The number of hydrogen-bond donors (Lipinski definition) is 2. The van der Waals surface area contributed by atoms with Crippen molar-refractivity contribution in [2.24, 2.45) is 0 Å². The van der Waals surface area contributed by atoms with Crippen LogP contribution in [-0.2, 0) is 9.53 Å². The average molecular weight is 296 g/mol. The monoisotopic (exact) mass is 296 g/mol. The molecule has 6 heteroatoms. The van der Waals surface area contributed by atoms with Crippen molar-refractivity contribution in [1.82, 2.24) is 10.6 Å². The fourth-order valence-electron chi connectivity index (χ4n) is 2.53. The van der Waals surface area contributed by atoms with E-state index < -0.39 is 6.10 Å². The maximum atomic E-state index is 13.8. The summed E-state index contributed by atoms with van der Waals surface area (Å²) in [6.45, 7) is 1.85. The molecule has 2 aliphatic rings. The van der Waals surface area contributed by atoms with Gasteiger partial charge in [0.2, 0.25) is 0 Å². The van der Waals surface area contributed by atoms with Gasteiger partial charge in [0.15, 0.2) is 0 Å². The minimum absolute atomic E-state index is 0.121. The second-order valence-electron chi connectivity index (χ2n) is 4.92. The van der Waals surface area contributed by atoms with Crippen LogP contribution in [0.25, 0.3) is 0 Å². The molecular weight excluding hydrogens is 279 g/mol. The Hall–Kier alpha value is -1.11. The summed E-state index contributed by atoms with van der Waals surface area (Å²) in [4.78, 5) is 12.8. The number of carbonyl (C=O) groups is 1. The van der Waals surface area contributed by atoms with Gasteiger partial charge < -0.3 is 15.4 Å². The van der Waals surface area contributed by atoms with Crippen molar-refractivity contribution in [3.05, 3.63) is 29.6 Å². The van der Waals surface area contributed by atoms with E-state index >= 15 is 0 Å². The smallest absolute Gasteiger partial charge is 0.250 e. The summed E-state index contributed by atoms with van der Waals surface area (Å²) in [5.41, 5.74) is 0.873. The molecule has 0 spiro atoms. The van der Waals surface area contributed by atoms with Crippen molar-refractivity contribution in [2.75, 3.05) is 25.4 Å². The Morgan fingerprint density at radius 2 is 2.40 bits per heavy atom. The second kappa shape index (κ2) is 6.11. The number of carbonyl (C=O) groups excluding carboxylic acids is 1. The van der Waals surface area contributed by atoms with E-state index in [2.05, 4.69) is 10.6 Å². The van der Waals surface area contributed by atoms with Gasteiger partial charge in [-0.15, -0.1) is 11.8 Å². The largest absolute Gasteiger partial charge is 0.366 e. The highest BCUT2D eigenvalue weighted by Crippen LogP contribution is 2.37. The fraction of sp³-hybridized carbons (Fsp3) is 0.500. The fourth-order valence-corrected chi connectivity index (χ4v) is 3.68. The van der Waals surface area contributed by atoms with E-state index in [1.165, 1.54) is 17.8 Å². The Kier molecular flexibility index (Phi) is 4.24. The first-order valence-corrected chi connectivity index (χ1v) is 7.78. The molecule has 4 nitrogen and oxygen atoms in total. The van der Waals surface area contributed by atoms with E-state index in [0.717, 1.165) is 24.3 Å². The molecule has 20 heavy (non-hydrogen) atoms. The zero-order valence-electron chi connectivity index (χ0n) is 11.0. The standard InChI is InChI=1S/C14H17FN2O2S/c15-10-3-1-2-9-11(4-7-20-13(9)10)17-14(18)12-8-16-5-6-19-12/h1-3,11-12,16H,4-8H2,(H,17,18). The van der Waals surface area contributed by atoms with Gasteiger partial charge in [0.05, 0.1) is 12.6 Å². The van der Waals surface area contributed by atoms with Gasteiger partial charge in [-0.1, -0.05) is 12.1 Å². The van der Waals surface area contributed by atoms with Crippen molar-refractivity contribution >= 4 is 17.7 Å². The summed E-state index contributed by atoms with van der Waals surface area (Å²) in [5, 5.41) is 6.12. The van der Waals surface area contributed by atoms with Crippen LogP contribution >= 0.6 is 11.8 Å². The Morgan fingerprint density at radius 3 is 3.20 bits per heavy atom. The van der Waals surface area contributed by atoms with Crippen LogP contribution in [0.15, 0.2) is 23.1 Å². The van der Waals surface area contributed by atoms with Crippen LogP contribution in [-0.4, -0.2) is 37.5 Å². The highest BCUT2D eigenvalue weighted by atomic mass is 32.2. The lowest BCUT2D eigenvalue weighted by molar-refractivity contribution is -0.135. The molecule has 1 aromatic carbocycles. The van der Waals surface area contributed by atoms with Gasteiger partial charge in [-0.25, -0.2) is 4.39 Å². The van der Waals surface area contributed by atoms with Crippen molar-refractivity contribution in [2.45, 2.75) is 23.5 Å². The van der Waals surface area contributed by atoms with Crippen LogP contribution < -0.4 is 10.6 Å². The van der Waals surface area contributed by atoms with Crippen molar-refractivity contribution in [3.8, 4) is 0 Å². The van der Waals surface area contributed by atoms with Gasteiger partial charge in [0.1, 0.15) is 11.9 Å². The number of thioether (sulfide) groups is 1. The maximum absolute atomic E-state index is 13.8. The summed E-state index contributed by atoms with van der Waals surface area (Å²) < 4.78 is 19.2. The predicted octanol–water partition coefficient (Wildman–Crippen LogP) is 1.47. The van der Waals surface area contributed by atoms with E-state index in [9.17, 15) is 9.18 Å². The number of amides is 1. The van der Waals surface area contributed by atoms with Crippen LogP contribution in [0, 0.1) is 5.82 Å². The highest BCUT2D eigenvalue weighted by molar-refractivity contribution is 7.99. The minimum atomic E-state index is -0.449. The Labute approximate surface area is 121 Å². The highest BCUT2D eigenvalue weighted by Gasteiger charge is 2.28. The molecule has 2 N–H and O–H groups in total. The summed E-state index contributed by atoms with van der Waals surface area (Å²) in [6.07, 6.45) is 0.364. The molecule has 2 heterocycles. The molecule has 0 aliphatic carbocycles.